The summed E-state index contributed by atoms with van der Waals surface area (Å²) in [7, 11) is 1.54. The molecule has 180 valence electrons. The number of anilines is 1. The summed E-state index contributed by atoms with van der Waals surface area (Å²) in [5.74, 6) is 3.01. The molecule has 2 saturated heterocycles. The monoisotopic (exact) mass is 486 g/mol. The van der Waals surface area contributed by atoms with E-state index in [1.165, 1.54) is 15.3 Å². The summed E-state index contributed by atoms with van der Waals surface area (Å²) >= 11 is 1.95. The average molecular weight is 487 g/mol. The lowest BCUT2D eigenvalue weighted by Crippen LogP contribution is -2.63. The van der Waals surface area contributed by atoms with Crippen molar-refractivity contribution in [1.29, 1.82) is 0 Å². The fourth-order valence-corrected chi connectivity index (χ4v) is 6.20. The Morgan fingerprint density at radius 1 is 1.25 bits per heavy atom. The number of aromatic nitrogens is 1. The van der Waals surface area contributed by atoms with Gasteiger partial charge in [0.05, 0.1) is 0 Å². The molecule has 0 spiro atoms. The first kappa shape index (κ1) is 25.8. The number of thioether (sulfide) groups is 1. The Kier molecular flexibility index (Phi) is 8.92. The van der Waals surface area contributed by atoms with Crippen LogP contribution in [0.1, 0.15) is 45.7 Å². The fourth-order valence-electron chi connectivity index (χ4n) is 4.79. The molecule has 5 nitrogen and oxygen atoms in total. The molecule has 0 bridgehead atoms. The molecule has 2 aliphatic heterocycles. The second kappa shape index (κ2) is 11.1. The summed E-state index contributed by atoms with van der Waals surface area (Å²) in [6, 6.07) is 4.56. The van der Waals surface area contributed by atoms with Crippen LogP contribution in [-0.2, 0) is 10.5 Å². The number of carbonyl (C=O) groups is 1. The fraction of sp³-hybridized carbons (Fsp3) is 0.739. The predicted molar refractivity (Wildman–Crippen MR) is 133 cm³/mol. The highest BCUT2D eigenvalue weighted by atomic mass is 32.2. The van der Waals surface area contributed by atoms with E-state index in [0.29, 0.717) is 24.7 Å². The molecule has 2 aliphatic rings. The van der Waals surface area contributed by atoms with Crippen LogP contribution in [0, 0.1) is 5.92 Å². The third-order valence-electron chi connectivity index (χ3n) is 6.50. The third kappa shape index (κ3) is 6.40. The van der Waals surface area contributed by atoms with Crippen LogP contribution in [0.5, 0.6) is 0 Å². The van der Waals surface area contributed by atoms with Crippen LogP contribution >= 0.6 is 21.0 Å². The van der Waals surface area contributed by atoms with Crippen molar-refractivity contribution in [3.63, 3.8) is 0 Å². The number of piperazine rings is 1. The lowest BCUT2D eigenvalue weighted by atomic mass is 9.88. The van der Waals surface area contributed by atoms with E-state index in [0.717, 1.165) is 57.1 Å². The third-order valence-corrected chi connectivity index (χ3v) is 7.78. The second-order valence-electron chi connectivity index (χ2n) is 9.36. The van der Waals surface area contributed by atoms with E-state index in [9.17, 15) is 13.6 Å². The highest BCUT2D eigenvalue weighted by Gasteiger charge is 2.42. The number of amides is 1. The number of hydrogen-bond acceptors (Lipinski definition) is 5. The molecule has 3 rings (SSSR count). The van der Waals surface area contributed by atoms with Crippen LogP contribution in [0.25, 0.3) is 0 Å². The van der Waals surface area contributed by atoms with Gasteiger partial charge in [-0.3, -0.25) is 14.6 Å². The molecule has 2 fully saturated rings. The van der Waals surface area contributed by atoms with Crippen LogP contribution in [0.3, 0.4) is 0 Å². The molecule has 0 radical (unpaired) electrons. The zero-order chi connectivity index (χ0) is 23.4. The van der Waals surface area contributed by atoms with Crippen molar-refractivity contribution in [3.8, 4) is 0 Å². The molecular formula is C23H37F2N4OPS. The smallest absolute Gasteiger partial charge is 0.300 e. The van der Waals surface area contributed by atoms with Crippen molar-refractivity contribution in [3.05, 3.63) is 23.9 Å². The van der Waals surface area contributed by atoms with Crippen LogP contribution in [0.2, 0.25) is 0 Å². The van der Waals surface area contributed by atoms with E-state index in [2.05, 4.69) is 28.6 Å². The summed E-state index contributed by atoms with van der Waals surface area (Å²) in [6.45, 7) is 11.9. The maximum Gasteiger partial charge on any atom is 0.300 e. The first-order valence-electron chi connectivity index (χ1n) is 11.6. The molecule has 1 unspecified atom stereocenters. The molecule has 0 N–H and O–H groups in total. The predicted octanol–water partition coefficient (Wildman–Crippen LogP) is 4.29. The van der Waals surface area contributed by atoms with Crippen molar-refractivity contribution >= 4 is 32.7 Å². The minimum absolute atomic E-state index is 0.0715. The van der Waals surface area contributed by atoms with Crippen LogP contribution in [0.15, 0.2) is 18.2 Å². The molecule has 1 aromatic rings. The summed E-state index contributed by atoms with van der Waals surface area (Å²) in [4.78, 5) is 24.0. The molecule has 1 amide bonds. The van der Waals surface area contributed by atoms with Gasteiger partial charge < -0.3 is 4.90 Å². The van der Waals surface area contributed by atoms with Gasteiger partial charge in [0.15, 0.2) is 0 Å². The zero-order valence-corrected chi connectivity index (χ0v) is 21.5. The summed E-state index contributed by atoms with van der Waals surface area (Å²) in [5, 5.41) is 0. The first-order chi connectivity index (χ1) is 15.1. The van der Waals surface area contributed by atoms with Crippen LogP contribution in [-0.4, -0.2) is 77.0 Å². The lowest BCUT2D eigenvalue weighted by Gasteiger charge is -2.51. The van der Waals surface area contributed by atoms with Gasteiger partial charge in [-0.2, -0.15) is 20.5 Å². The van der Waals surface area contributed by atoms with Gasteiger partial charge in [-0.1, -0.05) is 36.1 Å². The normalized spacial score (nSPS) is 20.5. The number of pyridine rings is 1. The van der Waals surface area contributed by atoms with Gasteiger partial charge in [0.2, 0.25) is 5.91 Å². The van der Waals surface area contributed by atoms with Gasteiger partial charge >= 0.3 is 0 Å². The molecule has 0 saturated carbocycles. The molecule has 3 heterocycles. The van der Waals surface area contributed by atoms with Crippen LogP contribution < -0.4 is 4.90 Å². The van der Waals surface area contributed by atoms with Crippen molar-refractivity contribution in [2.45, 2.75) is 51.2 Å². The second-order valence-corrected chi connectivity index (χ2v) is 11.3. The van der Waals surface area contributed by atoms with E-state index in [1.807, 2.05) is 18.7 Å². The molecule has 1 aromatic heterocycles. The number of nitrogens with zero attached hydrogens (tertiary/aromatic N) is 4. The van der Waals surface area contributed by atoms with Gasteiger partial charge in [-0.05, 0) is 42.4 Å². The maximum absolute atomic E-state index is 13.9. The number of carbonyl (C=O) groups excluding carboxylic acids is 1. The van der Waals surface area contributed by atoms with Gasteiger partial charge in [0.25, 0.3) is 5.66 Å². The highest BCUT2D eigenvalue weighted by molar-refractivity contribution is 7.99. The average Bonchev–Trinajstić information content (AvgIpc) is 2.77. The standard InChI is InChI=1S/C23H37F2N4OPS/c1-4-21(30)29(20-7-5-6-19(26-20)23(24,25)31)17-22(8-14-32-15-9-22)28-12-10-27(11-13-28)16-18(2)3/h5-7,18H,4,8-17,31H2,1-3H3. The topological polar surface area (TPSA) is 39.7 Å². The summed E-state index contributed by atoms with van der Waals surface area (Å²) < 4.78 is 27.8. The number of hydrogen-bond donors (Lipinski definition) is 0. The van der Waals surface area contributed by atoms with Crippen molar-refractivity contribution in [1.82, 2.24) is 14.8 Å². The summed E-state index contributed by atoms with van der Waals surface area (Å²) in [6.07, 6.45) is 2.31. The van der Waals surface area contributed by atoms with E-state index in [-0.39, 0.29) is 17.1 Å². The van der Waals surface area contributed by atoms with E-state index in [1.54, 1.807) is 17.0 Å². The zero-order valence-electron chi connectivity index (χ0n) is 19.5. The Labute approximate surface area is 197 Å². The quantitative estimate of drug-likeness (QED) is 0.513. The SMILES string of the molecule is CCC(=O)N(CC1(N2CCN(CC(C)C)CC2)CCSCC1)c1cccc(C(F)(F)P)n1. The largest absolute Gasteiger partial charge is 0.301 e. The minimum Gasteiger partial charge on any atom is -0.301 e. The summed E-state index contributed by atoms with van der Waals surface area (Å²) in [5.41, 5.74) is -3.59. The van der Waals surface area contributed by atoms with Gasteiger partial charge in [-0.25, -0.2) is 4.98 Å². The number of rotatable bonds is 8. The number of alkyl halides is 2. The molecule has 32 heavy (non-hydrogen) atoms. The molecular weight excluding hydrogens is 449 g/mol. The molecule has 9 heteroatoms. The van der Waals surface area contributed by atoms with Crippen LogP contribution in [0.4, 0.5) is 14.6 Å². The van der Waals surface area contributed by atoms with E-state index >= 15 is 0 Å². The Balaban J connectivity index is 1.86. The van der Waals surface area contributed by atoms with Gasteiger partial charge in [-0.15, -0.1) is 0 Å². The number of halogens is 2. The first-order valence-corrected chi connectivity index (χ1v) is 13.4. The Hall–Kier alpha value is -0.820. The van der Waals surface area contributed by atoms with Crippen molar-refractivity contribution in [2.75, 3.05) is 55.7 Å². The minimum atomic E-state index is -3.12. The molecule has 0 aliphatic carbocycles. The Morgan fingerprint density at radius 2 is 1.91 bits per heavy atom. The van der Waals surface area contributed by atoms with E-state index < -0.39 is 5.66 Å². The highest BCUT2D eigenvalue weighted by Crippen LogP contribution is 2.37. The van der Waals surface area contributed by atoms with Crippen molar-refractivity contribution < 1.29 is 13.6 Å². The van der Waals surface area contributed by atoms with E-state index in [4.69, 9.17) is 0 Å². The van der Waals surface area contributed by atoms with Crippen molar-refractivity contribution in [2.24, 2.45) is 5.92 Å². The lowest BCUT2D eigenvalue weighted by molar-refractivity contribution is -0.119. The van der Waals surface area contributed by atoms with Gasteiger partial charge in [0, 0.05) is 51.2 Å². The maximum atomic E-state index is 13.9. The molecule has 1 atom stereocenters. The Morgan fingerprint density at radius 3 is 2.47 bits per heavy atom. The molecule has 0 aromatic carbocycles. The Bertz CT molecular complexity index is 763. The van der Waals surface area contributed by atoms with Gasteiger partial charge in [0.1, 0.15) is 11.5 Å².